The molecule has 1 aromatic rings. The summed E-state index contributed by atoms with van der Waals surface area (Å²) in [6.45, 7) is 1.52. The Morgan fingerprint density at radius 2 is 2.00 bits per heavy atom. The summed E-state index contributed by atoms with van der Waals surface area (Å²) in [6, 6.07) is 3.58. The fourth-order valence-electron chi connectivity index (χ4n) is 2.21. The fraction of sp³-hybridized carbons (Fsp3) is 0.417. The van der Waals surface area contributed by atoms with Crippen molar-refractivity contribution >= 4 is 5.78 Å². The number of rotatable bonds is 1. The molecule has 2 rings (SSSR count). The maximum Gasteiger partial charge on any atom is 0.163 e. The summed E-state index contributed by atoms with van der Waals surface area (Å²) in [4.78, 5) is 11.4. The van der Waals surface area contributed by atoms with Crippen molar-refractivity contribution in [1.82, 2.24) is 0 Å². The second-order valence-electron chi connectivity index (χ2n) is 3.86. The molecule has 0 atom stereocenters. The molecule has 1 N–H and O–H groups in total. The molecule has 1 aliphatic rings. The van der Waals surface area contributed by atoms with Gasteiger partial charge >= 0.3 is 0 Å². The summed E-state index contributed by atoms with van der Waals surface area (Å²) in [5, 5.41) is 9.62. The zero-order valence-corrected chi connectivity index (χ0v) is 8.34. The van der Waals surface area contributed by atoms with E-state index >= 15 is 0 Å². The number of Topliss-reactive ketones (excluding diaryl/α,β-unsaturated/α-hetero) is 1. The maximum atomic E-state index is 11.4. The van der Waals surface area contributed by atoms with Crippen LogP contribution in [0.15, 0.2) is 12.1 Å². The summed E-state index contributed by atoms with van der Waals surface area (Å²) in [5.74, 6) is 0.111. The van der Waals surface area contributed by atoms with E-state index in [2.05, 4.69) is 0 Å². The molecule has 1 aromatic carbocycles. The molecule has 2 nitrogen and oxygen atoms in total. The van der Waals surface area contributed by atoms with Crippen LogP contribution in [0.5, 0.6) is 5.75 Å². The lowest BCUT2D eigenvalue weighted by molar-refractivity contribution is 0.101. The van der Waals surface area contributed by atoms with Crippen LogP contribution in [0.3, 0.4) is 0 Å². The first-order chi connectivity index (χ1) is 6.70. The monoisotopic (exact) mass is 190 g/mol. The molecule has 1 aliphatic carbocycles. The van der Waals surface area contributed by atoms with Crippen LogP contribution < -0.4 is 0 Å². The van der Waals surface area contributed by atoms with E-state index in [1.54, 1.807) is 6.07 Å². The number of hydrogen-bond donors (Lipinski definition) is 1. The van der Waals surface area contributed by atoms with Crippen molar-refractivity contribution in [3.05, 3.63) is 28.8 Å². The Kier molecular flexibility index (Phi) is 2.28. The van der Waals surface area contributed by atoms with Crippen LogP contribution >= 0.6 is 0 Å². The number of benzene rings is 1. The van der Waals surface area contributed by atoms with Gasteiger partial charge < -0.3 is 5.11 Å². The molecule has 0 radical (unpaired) electrons. The van der Waals surface area contributed by atoms with Gasteiger partial charge in [-0.25, -0.2) is 0 Å². The first-order valence-corrected chi connectivity index (χ1v) is 5.05. The van der Waals surface area contributed by atoms with Gasteiger partial charge in [-0.3, -0.25) is 4.79 Å². The number of carbonyl (C=O) groups is 1. The normalized spacial score (nSPS) is 14.9. The Labute approximate surface area is 83.6 Å². The van der Waals surface area contributed by atoms with E-state index in [4.69, 9.17) is 0 Å². The van der Waals surface area contributed by atoms with Gasteiger partial charge in [0.05, 0.1) is 5.56 Å². The zero-order chi connectivity index (χ0) is 10.1. The average molecular weight is 190 g/mol. The number of phenols is 1. The minimum absolute atomic E-state index is 0.0266. The molecule has 14 heavy (non-hydrogen) atoms. The number of fused-ring (bicyclic) bond motifs is 1. The first kappa shape index (κ1) is 9.25. The highest BCUT2D eigenvalue weighted by atomic mass is 16.3. The smallest absolute Gasteiger partial charge is 0.163 e. The van der Waals surface area contributed by atoms with E-state index in [9.17, 15) is 9.90 Å². The molecule has 0 fully saturated rings. The molecule has 0 spiro atoms. The van der Waals surface area contributed by atoms with Gasteiger partial charge in [-0.05, 0) is 49.8 Å². The van der Waals surface area contributed by atoms with Crippen molar-refractivity contribution in [2.24, 2.45) is 0 Å². The van der Waals surface area contributed by atoms with Crippen LogP contribution in [0, 0.1) is 0 Å². The first-order valence-electron chi connectivity index (χ1n) is 5.05. The quantitative estimate of drug-likeness (QED) is 0.691. The predicted octanol–water partition coefficient (Wildman–Crippen LogP) is 2.47. The van der Waals surface area contributed by atoms with Gasteiger partial charge in [0.15, 0.2) is 5.78 Å². The minimum atomic E-state index is -0.0266. The standard InChI is InChI=1S/C12H14O2/c1-8(13)12-10-5-3-2-4-9(10)6-7-11(12)14/h6-7,14H,2-5H2,1H3. The lowest BCUT2D eigenvalue weighted by atomic mass is 9.87. The van der Waals surface area contributed by atoms with Crippen molar-refractivity contribution in [1.29, 1.82) is 0 Å². The van der Waals surface area contributed by atoms with Crippen LogP contribution in [0.1, 0.15) is 41.3 Å². The highest BCUT2D eigenvalue weighted by Gasteiger charge is 2.18. The number of hydrogen-bond acceptors (Lipinski definition) is 2. The second kappa shape index (κ2) is 3.45. The van der Waals surface area contributed by atoms with Crippen LogP contribution in [0.2, 0.25) is 0 Å². The topological polar surface area (TPSA) is 37.3 Å². The van der Waals surface area contributed by atoms with Crippen LogP contribution in [0.4, 0.5) is 0 Å². The Morgan fingerprint density at radius 3 is 2.71 bits per heavy atom. The van der Waals surface area contributed by atoms with Gasteiger partial charge in [-0.15, -0.1) is 0 Å². The summed E-state index contributed by atoms with van der Waals surface area (Å²) in [7, 11) is 0. The molecular weight excluding hydrogens is 176 g/mol. The average Bonchev–Trinajstić information content (AvgIpc) is 2.17. The number of carbonyl (C=O) groups excluding carboxylic acids is 1. The molecular formula is C12H14O2. The third kappa shape index (κ3) is 1.41. The van der Waals surface area contributed by atoms with E-state index in [1.165, 1.54) is 18.9 Å². The Hall–Kier alpha value is -1.31. The van der Waals surface area contributed by atoms with E-state index in [1.807, 2.05) is 6.07 Å². The van der Waals surface area contributed by atoms with Crippen LogP contribution in [-0.4, -0.2) is 10.9 Å². The van der Waals surface area contributed by atoms with Gasteiger partial charge in [0.2, 0.25) is 0 Å². The highest BCUT2D eigenvalue weighted by molar-refractivity contribution is 5.98. The lowest BCUT2D eigenvalue weighted by Crippen LogP contribution is -2.09. The molecule has 0 aromatic heterocycles. The van der Waals surface area contributed by atoms with E-state index in [0.29, 0.717) is 5.56 Å². The third-order valence-electron chi connectivity index (χ3n) is 2.86. The molecule has 0 saturated carbocycles. The van der Waals surface area contributed by atoms with Crippen LogP contribution in [0.25, 0.3) is 0 Å². The maximum absolute atomic E-state index is 11.4. The number of aryl methyl sites for hydroxylation is 1. The molecule has 0 amide bonds. The summed E-state index contributed by atoms with van der Waals surface area (Å²) >= 11 is 0. The number of ketones is 1. The predicted molar refractivity (Wildman–Crippen MR) is 54.8 cm³/mol. The summed E-state index contributed by atoms with van der Waals surface area (Å²) in [6.07, 6.45) is 4.28. The van der Waals surface area contributed by atoms with E-state index in [-0.39, 0.29) is 11.5 Å². The number of phenolic OH excluding ortho intramolecular Hbond substituents is 1. The van der Waals surface area contributed by atoms with Gasteiger partial charge in [0, 0.05) is 0 Å². The SMILES string of the molecule is CC(=O)c1c(O)ccc2c1CCCC2. The minimum Gasteiger partial charge on any atom is -0.507 e. The van der Waals surface area contributed by atoms with Crippen molar-refractivity contribution in [2.75, 3.05) is 0 Å². The second-order valence-corrected chi connectivity index (χ2v) is 3.86. The van der Waals surface area contributed by atoms with Crippen molar-refractivity contribution in [2.45, 2.75) is 32.6 Å². The van der Waals surface area contributed by atoms with Crippen molar-refractivity contribution in [3.63, 3.8) is 0 Å². The molecule has 0 saturated heterocycles. The lowest BCUT2D eigenvalue weighted by Gasteiger charge is -2.18. The largest absolute Gasteiger partial charge is 0.507 e. The molecule has 2 heteroatoms. The van der Waals surface area contributed by atoms with E-state index < -0.39 is 0 Å². The van der Waals surface area contributed by atoms with Crippen LogP contribution in [-0.2, 0) is 12.8 Å². The van der Waals surface area contributed by atoms with Gasteiger partial charge in [-0.1, -0.05) is 6.07 Å². The van der Waals surface area contributed by atoms with Crippen molar-refractivity contribution in [3.8, 4) is 5.75 Å². The van der Waals surface area contributed by atoms with E-state index in [0.717, 1.165) is 24.8 Å². The fourth-order valence-corrected chi connectivity index (χ4v) is 2.21. The molecule has 0 aliphatic heterocycles. The Bertz CT molecular complexity index is 380. The summed E-state index contributed by atoms with van der Waals surface area (Å²) in [5.41, 5.74) is 2.85. The highest BCUT2D eigenvalue weighted by Crippen LogP contribution is 2.30. The summed E-state index contributed by atoms with van der Waals surface area (Å²) < 4.78 is 0. The van der Waals surface area contributed by atoms with Gasteiger partial charge in [0.25, 0.3) is 0 Å². The molecule has 0 heterocycles. The number of aromatic hydroxyl groups is 1. The van der Waals surface area contributed by atoms with Gasteiger partial charge in [-0.2, -0.15) is 0 Å². The van der Waals surface area contributed by atoms with Crippen molar-refractivity contribution < 1.29 is 9.90 Å². The Morgan fingerprint density at radius 1 is 1.29 bits per heavy atom. The Balaban J connectivity index is 2.60. The molecule has 0 bridgehead atoms. The van der Waals surface area contributed by atoms with Gasteiger partial charge in [0.1, 0.15) is 5.75 Å². The molecule has 74 valence electrons. The molecule has 0 unspecified atom stereocenters. The third-order valence-corrected chi connectivity index (χ3v) is 2.86. The zero-order valence-electron chi connectivity index (χ0n) is 8.34.